The summed E-state index contributed by atoms with van der Waals surface area (Å²) in [5.74, 6) is 0.108. The Morgan fingerprint density at radius 2 is 2.20 bits per heavy atom. The zero-order chi connectivity index (χ0) is 14.3. The Kier molecular flexibility index (Phi) is 3.60. The van der Waals surface area contributed by atoms with E-state index in [2.05, 4.69) is 4.90 Å². The fourth-order valence-corrected chi connectivity index (χ4v) is 4.09. The largest absolute Gasteiger partial charge is 0.465 e. The van der Waals surface area contributed by atoms with Gasteiger partial charge in [-0.2, -0.15) is 0 Å². The number of methoxy groups -OCH3 is 1. The van der Waals surface area contributed by atoms with Gasteiger partial charge in [0, 0.05) is 18.7 Å². The van der Waals surface area contributed by atoms with E-state index in [9.17, 15) is 9.90 Å². The van der Waals surface area contributed by atoms with Gasteiger partial charge in [0.1, 0.15) is 4.88 Å². The Morgan fingerprint density at radius 1 is 1.45 bits per heavy atom. The number of nitrogens with zero attached hydrogens (tertiary/aromatic N) is 1. The van der Waals surface area contributed by atoms with Crippen LogP contribution in [0.5, 0.6) is 0 Å². The van der Waals surface area contributed by atoms with Crippen molar-refractivity contribution in [2.75, 3.05) is 30.8 Å². The van der Waals surface area contributed by atoms with Crippen LogP contribution in [0.1, 0.15) is 46.8 Å². The molecule has 1 saturated heterocycles. The summed E-state index contributed by atoms with van der Waals surface area (Å²) >= 11 is 1.41. The lowest BCUT2D eigenvalue weighted by molar-refractivity contribution is 0.0607. The molecule has 2 heterocycles. The molecular weight excluding hydrogens is 276 g/mol. The zero-order valence-corrected chi connectivity index (χ0v) is 12.4. The molecule has 3 rings (SSSR count). The molecule has 5 nitrogen and oxygen atoms in total. The third kappa shape index (κ3) is 2.38. The first-order chi connectivity index (χ1) is 9.61. The molecule has 1 aromatic rings. The van der Waals surface area contributed by atoms with E-state index in [1.807, 2.05) is 0 Å². The summed E-state index contributed by atoms with van der Waals surface area (Å²) in [7, 11) is 1.38. The van der Waals surface area contributed by atoms with E-state index in [1.54, 1.807) is 0 Å². The molecule has 1 aromatic heterocycles. The Balaban J connectivity index is 1.98. The summed E-state index contributed by atoms with van der Waals surface area (Å²) in [6.45, 7) is 1.54. The fraction of sp³-hybridized carbons (Fsp3) is 0.643. The maximum absolute atomic E-state index is 11.8. The molecule has 0 spiro atoms. The summed E-state index contributed by atoms with van der Waals surface area (Å²) in [4.78, 5) is 14.5. The van der Waals surface area contributed by atoms with Gasteiger partial charge in [0.2, 0.25) is 0 Å². The molecule has 1 unspecified atom stereocenters. The van der Waals surface area contributed by atoms with Crippen molar-refractivity contribution < 1.29 is 14.6 Å². The van der Waals surface area contributed by atoms with E-state index in [4.69, 9.17) is 10.5 Å². The second-order valence-electron chi connectivity index (χ2n) is 5.57. The van der Waals surface area contributed by atoms with Crippen LogP contribution in [-0.4, -0.2) is 37.4 Å². The highest BCUT2D eigenvalue weighted by atomic mass is 32.1. The summed E-state index contributed by atoms with van der Waals surface area (Å²) in [5.41, 5.74) is 7.87. The number of anilines is 2. The predicted octanol–water partition coefficient (Wildman–Crippen LogP) is 1.96. The molecule has 2 fully saturated rings. The van der Waals surface area contributed by atoms with Crippen molar-refractivity contribution in [3.8, 4) is 0 Å². The molecule has 0 amide bonds. The molecule has 1 atom stereocenters. The molecule has 110 valence electrons. The third-order valence-electron chi connectivity index (χ3n) is 4.00. The van der Waals surface area contributed by atoms with Crippen LogP contribution >= 0.6 is 11.3 Å². The van der Waals surface area contributed by atoms with Gasteiger partial charge < -0.3 is 20.5 Å². The van der Waals surface area contributed by atoms with Gasteiger partial charge in [-0.25, -0.2) is 4.79 Å². The number of esters is 1. The highest BCUT2D eigenvalue weighted by Crippen LogP contribution is 2.52. The van der Waals surface area contributed by atoms with Crippen LogP contribution in [0.25, 0.3) is 0 Å². The molecule has 0 radical (unpaired) electrons. The smallest absolute Gasteiger partial charge is 0.350 e. The molecule has 1 aliphatic heterocycles. The van der Waals surface area contributed by atoms with Crippen LogP contribution in [0, 0.1) is 0 Å². The van der Waals surface area contributed by atoms with Crippen LogP contribution in [0.4, 0.5) is 10.7 Å². The number of hydrogen-bond donors (Lipinski definition) is 2. The van der Waals surface area contributed by atoms with Gasteiger partial charge in [-0.3, -0.25) is 0 Å². The summed E-state index contributed by atoms with van der Waals surface area (Å²) in [6.07, 6.45) is 3.78. The summed E-state index contributed by atoms with van der Waals surface area (Å²) in [6, 6.07) is 0. The molecule has 0 aromatic carbocycles. The molecular formula is C14H20N2O3S. The Morgan fingerprint density at radius 3 is 2.80 bits per heavy atom. The number of rotatable bonds is 3. The van der Waals surface area contributed by atoms with Gasteiger partial charge >= 0.3 is 5.97 Å². The molecule has 3 N–H and O–H groups in total. The van der Waals surface area contributed by atoms with E-state index >= 15 is 0 Å². The van der Waals surface area contributed by atoms with E-state index in [0.717, 1.165) is 42.8 Å². The molecule has 1 saturated carbocycles. The second kappa shape index (κ2) is 5.26. The lowest BCUT2D eigenvalue weighted by atomic mass is 10.1. The summed E-state index contributed by atoms with van der Waals surface area (Å²) in [5, 5.41) is 10.9. The van der Waals surface area contributed by atoms with Gasteiger partial charge in [0.15, 0.2) is 0 Å². The first-order valence-electron chi connectivity index (χ1n) is 7.05. The number of β-amino-alcohol motifs (C(OH)–C–C–N with tert-alkyl or cyclic N) is 1. The Bertz CT molecular complexity index is 525. The van der Waals surface area contributed by atoms with Crippen LogP contribution < -0.4 is 10.6 Å². The quantitative estimate of drug-likeness (QED) is 0.834. The van der Waals surface area contributed by atoms with Gasteiger partial charge in [0.25, 0.3) is 0 Å². The topological polar surface area (TPSA) is 75.8 Å². The minimum absolute atomic E-state index is 0.291. The number of carbonyl (C=O) groups is 1. The number of hydrogen-bond acceptors (Lipinski definition) is 6. The van der Waals surface area contributed by atoms with E-state index < -0.39 is 0 Å². The number of ether oxygens (including phenoxy) is 1. The molecule has 6 heteroatoms. The fourth-order valence-electron chi connectivity index (χ4n) is 2.83. The lowest BCUT2D eigenvalue weighted by Gasteiger charge is -2.31. The number of aliphatic hydroxyl groups is 1. The Hall–Kier alpha value is -1.27. The standard InChI is InChI=1S/C14H20N2O3S/c1-19-14(18)12-11(15)10(8-4-5-8)13(20-12)16-6-2-3-9(17)7-16/h8-9,17H,2-7,15H2,1H3. The number of nitrogen functional groups attached to an aromatic ring is 1. The zero-order valence-electron chi connectivity index (χ0n) is 11.6. The van der Waals surface area contributed by atoms with Crippen molar-refractivity contribution in [3.05, 3.63) is 10.4 Å². The van der Waals surface area contributed by atoms with Gasteiger partial charge in [-0.15, -0.1) is 11.3 Å². The van der Waals surface area contributed by atoms with Gasteiger partial charge in [0.05, 0.1) is 23.9 Å². The van der Waals surface area contributed by atoms with Crippen LogP contribution in [0.15, 0.2) is 0 Å². The Labute approximate surface area is 122 Å². The molecule has 20 heavy (non-hydrogen) atoms. The maximum Gasteiger partial charge on any atom is 0.350 e. The number of aliphatic hydroxyl groups excluding tert-OH is 1. The molecule has 2 aliphatic rings. The average molecular weight is 296 g/mol. The lowest BCUT2D eigenvalue weighted by Crippen LogP contribution is -2.38. The summed E-state index contributed by atoms with van der Waals surface area (Å²) < 4.78 is 4.82. The van der Waals surface area contributed by atoms with Crippen molar-refractivity contribution in [2.45, 2.75) is 37.7 Å². The second-order valence-corrected chi connectivity index (χ2v) is 6.57. The maximum atomic E-state index is 11.8. The van der Waals surface area contributed by atoms with E-state index in [0.29, 0.717) is 23.0 Å². The SMILES string of the molecule is COC(=O)c1sc(N2CCCC(O)C2)c(C2CC2)c1N. The van der Waals surface area contributed by atoms with E-state index in [-0.39, 0.29) is 12.1 Å². The van der Waals surface area contributed by atoms with Crippen LogP contribution in [-0.2, 0) is 4.74 Å². The number of piperidine rings is 1. The number of carbonyl (C=O) groups excluding carboxylic acids is 1. The predicted molar refractivity (Wildman–Crippen MR) is 79.5 cm³/mol. The van der Waals surface area contributed by atoms with Crippen molar-refractivity contribution in [1.29, 1.82) is 0 Å². The van der Waals surface area contributed by atoms with Crippen molar-refractivity contribution in [1.82, 2.24) is 0 Å². The highest BCUT2D eigenvalue weighted by Gasteiger charge is 2.35. The van der Waals surface area contributed by atoms with Crippen molar-refractivity contribution in [2.24, 2.45) is 0 Å². The molecule has 1 aliphatic carbocycles. The highest BCUT2D eigenvalue weighted by molar-refractivity contribution is 7.18. The van der Waals surface area contributed by atoms with Gasteiger partial charge in [-0.1, -0.05) is 0 Å². The number of nitrogens with two attached hydrogens (primary N) is 1. The normalized spacial score (nSPS) is 22.9. The third-order valence-corrected chi connectivity index (χ3v) is 5.27. The van der Waals surface area contributed by atoms with Crippen molar-refractivity contribution in [3.63, 3.8) is 0 Å². The van der Waals surface area contributed by atoms with Gasteiger partial charge in [-0.05, 0) is 31.6 Å². The van der Waals surface area contributed by atoms with Crippen LogP contribution in [0.2, 0.25) is 0 Å². The number of thiophene rings is 1. The monoisotopic (exact) mass is 296 g/mol. The first kappa shape index (κ1) is 13.7. The van der Waals surface area contributed by atoms with E-state index in [1.165, 1.54) is 18.4 Å². The van der Waals surface area contributed by atoms with Crippen LogP contribution in [0.3, 0.4) is 0 Å². The van der Waals surface area contributed by atoms with Crippen molar-refractivity contribution >= 4 is 28.0 Å². The minimum Gasteiger partial charge on any atom is -0.465 e. The first-order valence-corrected chi connectivity index (χ1v) is 7.87. The molecule has 0 bridgehead atoms. The minimum atomic E-state index is -0.363. The average Bonchev–Trinajstić information content (AvgIpc) is 3.21.